The molecule has 0 unspecified atom stereocenters. The van der Waals surface area contributed by atoms with Gasteiger partial charge in [-0.25, -0.2) is 8.78 Å². The Kier molecular flexibility index (Phi) is 4.81. The minimum Gasteiger partial charge on any atom is -0.464 e. The van der Waals surface area contributed by atoms with Gasteiger partial charge in [0.05, 0.1) is 12.3 Å². The van der Waals surface area contributed by atoms with Crippen molar-refractivity contribution in [1.82, 2.24) is 15.0 Å². The molecule has 0 aliphatic carbocycles. The van der Waals surface area contributed by atoms with Crippen LogP contribution in [0.4, 0.5) is 26.4 Å². The molecule has 0 aliphatic heterocycles. The van der Waals surface area contributed by atoms with Crippen LogP contribution < -0.4 is 15.4 Å². The molecule has 1 heterocycles. The van der Waals surface area contributed by atoms with Gasteiger partial charge in [0.2, 0.25) is 11.9 Å². The van der Waals surface area contributed by atoms with E-state index in [0.717, 1.165) is 6.07 Å². The van der Waals surface area contributed by atoms with E-state index in [2.05, 4.69) is 25.6 Å². The highest BCUT2D eigenvalue weighted by Crippen LogP contribution is 2.21. The van der Waals surface area contributed by atoms with Crippen molar-refractivity contribution in [3.63, 3.8) is 0 Å². The van der Waals surface area contributed by atoms with Gasteiger partial charge in [-0.1, -0.05) is 6.07 Å². The molecule has 0 amide bonds. The van der Waals surface area contributed by atoms with Crippen molar-refractivity contribution < 1.29 is 13.5 Å². The SMILES string of the molecule is CCNc1nc(Nc2cccc(F)c2F)nc(OCC)n1. The van der Waals surface area contributed by atoms with Crippen molar-refractivity contribution in [2.24, 2.45) is 0 Å². The minimum atomic E-state index is -0.999. The highest BCUT2D eigenvalue weighted by Gasteiger charge is 2.11. The van der Waals surface area contributed by atoms with Crippen molar-refractivity contribution in [1.29, 1.82) is 0 Å². The second-order valence-electron chi connectivity index (χ2n) is 3.95. The molecule has 2 rings (SSSR count). The monoisotopic (exact) mass is 295 g/mol. The van der Waals surface area contributed by atoms with Crippen molar-refractivity contribution in [2.45, 2.75) is 13.8 Å². The van der Waals surface area contributed by atoms with Crippen LogP contribution in [0.1, 0.15) is 13.8 Å². The smallest absolute Gasteiger partial charge is 0.323 e. The van der Waals surface area contributed by atoms with Crippen LogP contribution in [-0.4, -0.2) is 28.1 Å². The Labute approximate surface area is 120 Å². The normalized spacial score (nSPS) is 10.3. The molecule has 0 saturated heterocycles. The number of rotatable bonds is 6. The third kappa shape index (κ3) is 3.74. The van der Waals surface area contributed by atoms with Crippen molar-refractivity contribution in [2.75, 3.05) is 23.8 Å². The lowest BCUT2D eigenvalue weighted by Crippen LogP contribution is -2.09. The van der Waals surface area contributed by atoms with Gasteiger partial charge in [-0.3, -0.25) is 0 Å². The number of hydrogen-bond donors (Lipinski definition) is 2. The molecule has 8 heteroatoms. The highest BCUT2D eigenvalue weighted by atomic mass is 19.2. The predicted octanol–water partition coefficient (Wildman–Crippen LogP) is 2.72. The number of anilines is 3. The summed E-state index contributed by atoms with van der Waals surface area (Å²) in [5.41, 5.74) is -0.0638. The van der Waals surface area contributed by atoms with Gasteiger partial charge in [0, 0.05) is 6.54 Å². The Morgan fingerprint density at radius 1 is 1.10 bits per heavy atom. The fourth-order valence-corrected chi connectivity index (χ4v) is 1.56. The van der Waals surface area contributed by atoms with Crippen molar-refractivity contribution >= 4 is 17.6 Å². The van der Waals surface area contributed by atoms with Crippen molar-refractivity contribution in [3.8, 4) is 6.01 Å². The first-order valence-corrected chi connectivity index (χ1v) is 6.47. The van der Waals surface area contributed by atoms with E-state index < -0.39 is 11.6 Å². The van der Waals surface area contributed by atoms with Gasteiger partial charge < -0.3 is 15.4 Å². The number of halogens is 2. The fourth-order valence-electron chi connectivity index (χ4n) is 1.56. The number of aromatic nitrogens is 3. The van der Waals surface area contributed by atoms with Crippen LogP contribution in [0, 0.1) is 11.6 Å². The average molecular weight is 295 g/mol. The van der Waals surface area contributed by atoms with E-state index in [1.54, 1.807) is 6.92 Å². The first kappa shape index (κ1) is 14.9. The van der Waals surface area contributed by atoms with Gasteiger partial charge in [0.1, 0.15) is 0 Å². The topological polar surface area (TPSA) is 72.0 Å². The second-order valence-corrected chi connectivity index (χ2v) is 3.95. The van der Waals surface area contributed by atoms with Crippen LogP contribution in [0.3, 0.4) is 0 Å². The van der Waals surface area contributed by atoms with Crippen LogP contribution in [0.25, 0.3) is 0 Å². The summed E-state index contributed by atoms with van der Waals surface area (Å²) >= 11 is 0. The molecular weight excluding hydrogens is 280 g/mol. The molecule has 0 radical (unpaired) electrons. The lowest BCUT2D eigenvalue weighted by atomic mass is 10.3. The summed E-state index contributed by atoms with van der Waals surface area (Å²) in [6, 6.07) is 3.90. The summed E-state index contributed by atoms with van der Waals surface area (Å²) in [6.45, 7) is 4.65. The molecule has 2 aromatic rings. The Bertz CT molecular complexity index is 599. The van der Waals surface area contributed by atoms with E-state index in [-0.39, 0.29) is 23.6 Å². The summed E-state index contributed by atoms with van der Waals surface area (Å²) in [5, 5.41) is 5.52. The quantitative estimate of drug-likeness (QED) is 0.853. The molecule has 21 heavy (non-hydrogen) atoms. The molecule has 0 spiro atoms. The molecule has 112 valence electrons. The van der Waals surface area contributed by atoms with E-state index in [9.17, 15) is 8.78 Å². The highest BCUT2D eigenvalue weighted by molar-refractivity contribution is 5.55. The average Bonchev–Trinajstić information content (AvgIpc) is 2.44. The summed E-state index contributed by atoms with van der Waals surface area (Å²) in [4.78, 5) is 12.1. The first-order valence-electron chi connectivity index (χ1n) is 6.47. The maximum Gasteiger partial charge on any atom is 0.323 e. The van der Waals surface area contributed by atoms with Gasteiger partial charge in [-0.05, 0) is 26.0 Å². The summed E-state index contributed by atoms with van der Waals surface area (Å²) in [5.74, 6) is -1.60. The van der Waals surface area contributed by atoms with Gasteiger partial charge >= 0.3 is 6.01 Å². The molecule has 0 aliphatic rings. The number of benzene rings is 1. The summed E-state index contributed by atoms with van der Waals surface area (Å²) in [7, 11) is 0. The Morgan fingerprint density at radius 3 is 2.57 bits per heavy atom. The Hall–Kier alpha value is -2.51. The van der Waals surface area contributed by atoms with Gasteiger partial charge in [0.15, 0.2) is 11.6 Å². The maximum absolute atomic E-state index is 13.6. The molecule has 1 aromatic heterocycles. The maximum atomic E-state index is 13.6. The van der Waals surface area contributed by atoms with Crippen LogP contribution in [0.5, 0.6) is 6.01 Å². The fraction of sp³-hybridized carbons (Fsp3) is 0.308. The number of nitrogens with one attached hydrogen (secondary N) is 2. The van der Waals surface area contributed by atoms with Gasteiger partial charge in [-0.2, -0.15) is 15.0 Å². The predicted molar refractivity (Wildman–Crippen MR) is 74.8 cm³/mol. The lowest BCUT2D eigenvalue weighted by Gasteiger charge is -2.10. The summed E-state index contributed by atoms with van der Waals surface area (Å²) < 4.78 is 32.0. The molecular formula is C13H15F2N5O. The van der Waals surface area contributed by atoms with E-state index in [0.29, 0.717) is 13.2 Å². The zero-order valence-electron chi connectivity index (χ0n) is 11.7. The van der Waals surface area contributed by atoms with Crippen LogP contribution in [0.2, 0.25) is 0 Å². The van der Waals surface area contributed by atoms with Gasteiger partial charge in [0.25, 0.3) is 0 Å². The number of ether oxygens (including phenoxy) is 1. The molecule has 0 saturated carbocycles. The minimum absolute atomic E-state index is 0.0638. The molecule has 6 nitrogen and oxygen atoms in total. The zero-order chi connectivity index (χ0) is 15.2. The van der Waals surface area contributed by atoms with E-state index in [1.807, 2.05) is 6.92 Å². The lowest BCUT2D eigenvalue weighted by molar-refractivity contribution is 0.312. The van der Waals surface area contributed by atoms with Crippen molar-refractivity contribution in [3.05, 3.63) is 29.8 Å². The molecule has 0 atom stereocenters. The van der Waals surface area contributed by atoms with E-state index >= 15 is 0 Å². The van der Waals surface area contributed by atoms with Crippen LogP contribution >= 0.6 is 0 Å². The van der Waals surface area contributed by atoms with Gasteiger partial charge in [-0.15, -0.1) is 0 Å². The van der Waals surface area contributed by atoms with Crippen LogP contribution in [0.15, 0.2) is 18.2 Å². The number of hydrogen-bond acceptors (Lipinski definition) is 6. The van der Waals surface area contributed by atoms with Crippen LogP contribution in [-0.2, 0) is 0 Å². The van der Waals surface area contributed by atoms with E-state index in [1.165, 1.54) is 12.1 Å². The third-order valence-corrected chi connectivity index (χ3v) is 2.42. The largest absolute Gasteiger partial charge is 0.464 e. The standard InChI is InChI=1S/C13H15F2N5O/c1-3-16-11-18-12(20-13(19-11)21-4-2)17-9-7-5-6-8(14)10(9)15/h5-7H,3-4H2,1-2H3,(H2,16,17,18,19,20). The third-order valence-electron chi connectivity index (χ3n) is 2.42. The number of nitrogens with zero attached hydrogens (tertiary/aromatic N) is 3. The zero-order valence-corrected chi connectivity index (χ0v) is 11.7. The summed E-state index contributed by atoms with van der Waals surface area (Å²) in [6.07, 6.45) is 0. The van der Waals surface area contributed by atoms with E-state index in [4.69, 9.17) is 4.74 Å². The Balaban J connectivity index is 2.31. The second kappa shape index (κ2) is 6.78. The Morgan fingerprint density at radius 2 is 1.86 bits per heavy atom. The molecule has 1 aromatic carbocycles. The molecule has 0 bridgehead atoms. The molecule has 2 N–H and O–H groups in total. The molecule has 0 fully saturated rings. The first-order chi connectivity index (χ1) is 10.1.